The second kappa shape index (κ2) is 3.09. The van der Waals surface area contributed by atoms with E-state index in [-0.39, 0.29) is 0 Å². The van der Waals surface area contributed by atoms with E-state index in [4.69, 9.17) is 5.73 Å². The molecule has 0 aliphatic heterocycles. The zero-order chi connectivity index (χ0) is 8.55. The van der Waals surface area contributed by atoms with E-state index in [9.17, 15) is 0 Å². The minimum absolute atomic E-state index is 0.753. The average molecular weight is 226 g/mol. The fourth-order valence-electron chi connectivity index (χ4n) is 1.59. The van der Waals surface area contributed by atoms with Gasteiger partial charge in [0, 0.05) is 10.2 Å². The topological polar surface area (TPSA) is 26.0 Å². The highest BCUT2D eigenvalue weighted by Gasteiger charge is 2.21. The van der Waals surface area contributed by atoms with Gasteiger partial charge in [0.05, 0.1) is 0 Å². The Labute approximate surface area is 81.1 Å². The summed E-state index contributed by atoms with van der Waals surface area (Å²) in [6.07, 6.45) is 4.01. The third-order valence-electron chi connectivity index (χ3n) is 2.57. The molecule has 2 N–H and O–H groups in total. The molecule has 1 aromatic rings. The Morgan fingerprint density at radius 1 is 1.33 bits per heavy atom. The average Bonchev–Trinajstić information content (AvgIpc) is 1.93. The highest BCUT2D eigenvalue weighted by Crippen LogP contribution is 2.40. The summed E-state index contributed by atoms with van der Waals surface area (Å²) in [5, 5.41) is 0. The summed E-state index contributed by atoms with van der Waals surface area (Å²) >= 11 is 3.55. The van der Waals surface area contributed by atoms with Gasteiger partial charge in [-0.25, -0.2) is 0 Å². The summed E-state index contributed by atoms with van der Waals surface area (Å²) in [4.78, 5) is 0. The van der Waals surface area contributed by atoms with Crippen molar-refractivity contribution in [3.05, 3.63) is 28.2 Å². The molecule has 0 amide bonds. The van der Waals surface area contributed by atoms with Gasteiger partial charge in [0.15, 0.2) is 0 Å². The summed E-state index contributed by atoms with van der Waals surface area (Å²) in [5.74, 6) is 0.753. The Hall–Kier alpha value is -0.500. The molecule has 0 saturated heterocycles. The SMILES string of the molecule is Nc1ccc(Br)c(C2CCC2)c1. The van der Waals surface area contributed by atoms with Crippen molar-refractivity contribution in [2.24, 2.45) is 0 Å². The van der Waals surface area contributed by atoms with Crippen LogP contribution in [0.2, 0.25) is 0 Å². The minimum Gasteiger partial charge on any atom is -0.399 e. The Morgan fingerprint density at radius 2 is 2.08 bits per heavy atom. The molecular weight excluding hydrogens is 214 g/mol. The van der Waals surface area contributed by atoms with E-state index in [2.05, 4.69) is 22.0 Å². The van der Waals surface area contributed by atoms with Crippen molar-refractivity contribution in [1.29, 1.82) is 0 Å². The van der Waals surface area contributed by atoms with E-state index < -0.39 is 0 Å². The maximum Gasteiger partial charge on any atom is 0.0317 e. The van der Waals surface area contributed by atoms with Gasteiger partial charge in [-0.15, -0.1) is 0 Å². The van der Waals surface area contributed by atoms with E-state index >= 15 is 0 Å². The quantitative estimate of drug-likeness (QED) is 0.730. The Kier molecular flexibility index (Phi) is 2.09. The first-order valence-corrected chi connectivity index (χ1v) is 5.11. The molecule has 1 saturated carbocycles. The number of rotatable bonds is 1. The van der Waals surface area contributed by atoms with Crippen molar-refractivity contribution >= 4 is 21.6 Å². The smallest absolute Gasteiger partial charge is 0.0317 e. The van der Waals surface area contributed by atoms with Crippen LogP contribution in [0.25, 0.3) is 0 Å². The first-order chi connectivity index (χ1) is 5.77. The van der Waals surface area contributed by atoms with Gasteiger partial charge in [0.1, 0.15) is 0 Å². The minimum atomic E-state index is 0.753. The number of anilines is 1. The number of hydrogen-bond donors (Lipinski definition) is 1. The van der Waals surface area contributed by atoms with Gasteiger partial charge in [0.2, 0.25) is 0 Å². The van der Waals surface area contributed by atoms with Gasteiger partial charge in [-0.3, -0.25) is 0 Å². The van der Waals surface area contributed by atoms with Crippen LogP contribution in [0.3, 0.4) is 0 Å². The number of halogens is 1. The van der Waals surface area contributed by atoms with E-state index in [1.807, 2.05) is 12.1 Å². The van der Waals surface area contributed by atoms with Gasteiger partial charge in [-0.2, -0.15) is 0 Å². The predicted octanol–water partition coefficient (Wildman–Crippen LogP) is 3.30. The Morgan fingerprint density at radius 3 is 2.67 bits per heavy atom. The lowest BCUT2D eigenvalue weighted by Crippen LogP contribution is -2.09. The number of hydrogen-bond acceptors (Lipinski definition) is 1. The van der Waals surface area contributed by atoms with Crippen LogP contribution in [0.15, 0.2) is 22.7 Å². The molecular formula is C10H12BrN. The molecule has 0 radical (unpaired) electrons. The third kappa shape index (κ3) is 1.36. The summed E-state index contributed by atoms with van der Waals surface area (Å²) in [6, 6.07) is 6.07. The molecule has 0 atom stereocenters. The zero-order valence-corrected chi connectivity index (χ0v) is 8.47. The Bertz CT molecular complexity index is 292. The van der Waals surface area contributed by atoms with Crippen LogP contribution < -0.4 is 5.73 Å². The molecule has 12 heavy (non-hydrogen) atoms. The molecule has 2 heteroatoms. The lowest BCUT2D eigenvalue weighted by molar-refractivity contribution is 0.418. The van der Waals surface area contributed by atoms with Crippen LogP contribution in [-0.4, -0.2) is 0 Å². The van der Waals surface area contributed by atoms with Gasteiger partial charge in [-0.1, -0.05) is 22.4 Å². The van der Waals surface area contributed by atoms with Crippen LogP contribution in [0.4, 0.5) is 5.69 Å². The molecule has 1 aromatic carbocycles. The van der Waals surface area contributed by atoms with E-state index in [0.29, 0.717) is 0 Å². The fraction of sp³-hybridized carbons (Fsp3) is 0.400. The fourth-order valence-corrected chi connectivity index (χ4v) is 2.16. The summed E-state index contributed by atoms with van der Waals surface area (Å²) in [7, 11) is 0. The standard InChI is InChI=1S/C10H12BrN/c11-10-5-4-8(12)6-9(10)7-2-1-3-7/h4-7H,1-3,12H2. The van der Waals surface area contributed by atoms with Gasteiger partial charge < -0.3 is 5.73 Å². The van der Waals surface area contributed by atoms with Crippen LogP contribution in [0.1, 0.15) is 30.7 Å². The maximum atomic E-state index is 5.72. The van der Waals surface area contributed by atoms with E-state index in [1.165, 1.54) is 29.3 Å². The van der Waals surface area contributed by atoms with Crippen molar-refractivity contribution in [3.63, 3.8) is 0 Å². The molecule has 1 aliphatic carbocycles. The number of nitrogens with two attached hydrogens (primary N) is 1. The van der Waals surface area contributed by atoms with Gasteiger partial charge >= 0.3 is 0 Å². The first-order valence-electron chi connectivity index (χ1n) is 4.32. The molecule has 0 unspecified atom stereocenters. The molecule has 0 spiro atoms. The molecule has 64 valence electrons. The first kappa shape index (κ1) is 8.11. The van der Waals surface area contributed by atoms with Crippen molar-refractivity contribution in [2.45, 2.75) is 25.2 Å². The maximum absolute atomic E-state index is 5.72. The largest absolute Gasteiger partial charge is 0.399 e. The summed E-state index contributed by atoms with van der Waals surface area (Å²) in [6.45, 7) is 0. The third-order valence-corrected chi connectivity index (χ3v) is 3.29. The van der Waals surface area contributed by atoms with E-state index in [0.717, 1.165) is 11.6 Å². The second-order valence-corrected chi connectivity index (χ2v) is 4.26. The second-order valence-electron chi connectivity index (χ2n) is 3.41. The van der Waals surface area contributed by atoms with Crippen LogP contribution in [0, 0.1) is 0 Å². The summed E-state index contributed by atoms with van der Waals surface area (Å²) < 4.78 is 1.21. The normalized spacial score (nSPS) is 17.4. The predicted molar refractivity (Wildman–Crippen MR) is 55.1 cm³/mol. The summed E-state index contributed by atoms with van der Waals surface area (Å²) in [5.41, 5.74) is 7.99. The molecule has 1 fully saturated rings. The van der Waals surface area contributed by atoms with Crippen molar-refractivity contribution < 1.29 is 0 Å². The zero-order valence-electron chi connectivity index (χ0n) is 6.89. The molecule has 2 rings (SSSR count). The van der Waals surface area contributed by atoms with Crippen LogP contribution in [0.5, 0.6) is 0 Å². The monoisotopic (exact) mass is 225 g/mol. The molecule has 1 nitrogen and oxygen atoms in total. The molecule has 1 aliphatic rings. The lowest BCUT2D eigenvalue weighted by Gasteiger charge is -2.26. The molecule has 0 aromatic heterocycles. The van der Waals surface area contributed by atoms with Crippen molar-refractivity contribution in [1.82, 2.24) is 0 Å². The van der Waals surface area contributed by atoms with Crippen molar-refractivity contribution in [3.8, 4) is 0 Å². The van der Waals surface area contributed by atoms with Crippen molar-refractivity contribution in [2.75, 3.05) is 5.73 Å². The van der Waals surface area contributed by atoms with Gasteiger partial charge in [-0.05, 0) is 42.5 Å². The van der Waals surface area contributed by atoms with Crippen LogP contribution >= 0.6 is 15.9 Å². The van der Waals surface area contributed by atoms with Gasteiger partial charge in [0.25, 0.3) is 0 Å². The molecule has 0 bridgehead atoms. The number of benzene rings is 1. The number of nitrogen functional groups attached to an aromatic ring is 1. The highest BCUT2D eigenvalue weighted by molar-refractivity contribution is 9.10. The Balaban J connectivity index is 2.34. The van der Waals surface area contributed by atoms with Crippen LogP contribution in [-0.2, 0) is 0 Å². The van der Waals surface area contributed by atoms with E-state index in [1.54, 1.807) is 0 Å². The molecule has 0 heterocycles. The highest BCUT2D eigenvalue weighted by atomic mass is 79.9. The lowest BCUT2D eigenvalue weighted by atomic mass is 9.80.